The molecule has 4 aromatic rings. The maximum atomic E-state index is 13.3. The monoisotopic (exact) mass is 362 g/mol. The third kappa shape index (κ3) is 4.15. The number of aromatic nitrogens is 1. The number of fused-ring (bicyclic) bond motifs is 1. The van der Waals surface area contributed by atoms with Crippen LogP contribution in [0.2, 0.25) is 0 Å². The molecule has 0 atom stereocenters. The van der Waals surface area contributed by atoms with Crippen molar-refractivity contribution in [2.45, 2.75) is 6.54 Å². The van der Waals surface area contributed by atoms with Gasteiger partial charge >= 0.3 is 0 Å². The van der Waals surface area contributed by atoms with Crippen LogP contribution < -0.4 is 10.1 Å². The normalized spacial score (nSPS) is 11.0. The van der Waals surface area contributed by atoms with Crippen molar-refractivity contribution in [3.8, 4) is 17.0 Å². The maximum Gasteiger partial charge on any atom is 0.170 e. The van der Waals surface area contributed by atoms with Crippen molar-refractivity contribution in [1.82, 2.24) is 10.5 Å². The van der Waals surface area contributed by atoms with Gasteiger partial charge in [0.1, 0.15) is 23.9 Å². The minimum Gasteiger partial charge on any atom is -0.492 e. The van der Waals surface area contributed by atoms with Gasteiger partial charge in [-0.1, -0.05) is 35.5 Å². The second kappa shape index (κ2) is 8.01. The van der Waals surface area contributed by atoms with E-state index in [9.17, 15) is 4.39 Å². The van der Waals surface area contributed by atoms with E-state index in [0.29, 0.717) is 17.9 Å². The molecule has 0 spiro atoms. The number of halogens is 1. The smallest absolute Gasteiger partial charge is 0.170 e. The molecule has 0 fully saturated rings. The van der Waals surface area contributed by atoms with Gasteiger partial charge in [-0.3, -0.25) is 0 Å². The third-order valence-corrected chi connectivity index (χ3v) is 4.28. The summed E-state index contributed by atoms with van der Waals surface area (Å²) in [6, 6.07) is 22.3. The van der Waals surface area contributed by atoms with Crippen molar-refractivity contribution in [2.24, 2.45) is 0 Å². The minimum absolute atomic E-state index is 0.338. The first-order valence-corrected chi connectivity index (χ1v) is 8.82. The zero-order chi connectivity index (χ0) is 18.5. The Bertz CT molecular complexity index is 1010. The summed E-state index contributed by atoms with van der Waals surface area (Å²) in [6.07, 6.45) is 0. The number of hydrogen-bond donors (Lipinski definition) is 1. The molecular weight excluding hydrogens is 343 g/mol. The number of ether oxygens (including phenoxy) is 1. The Balaban J connectivity index is 1.32. The lowest BCUT2D eigenvalue weighted by Crippen LogP contribution is -2.20. The van der Waals surface area contributed by atoms with Crippen LogP contribution in [-0.2, 0) is 6.54 Å². The van der Waals surface area contributed by atoms with E-state index in [1.54, 1.807) is 6.07 Å². The summed E-state index contributed by atoms with van der Waals surface area (Å²) in [4.78, 5) is 0. The highest BCUT2D eigenvalue weighted by atomic mass is 19.1. The molecule has 0 saturated heterocycles. The van der Waals surface area contributed by atoms with Crippen LogP contribution in [-0.4, -0.2) is 18.3 Å². The number of rotatable bonds is 7. The SMILES string of the molecule is Fc1ccc2c(-c3ccc(OCCNCc4ccccc4)cc3)noc2c1. The summed E-state index contributed by atoms with van der Waals surface area (Å²) in [6.45, 7) is 2.16. The molecule has 0 bridgehead atoms. The number of nitrogens with zero attached hydrogens (tertiary/aromatic N) is 1. The fourth-order valence-corrected chi connectivity index (χ4v) is 2.90. The van der Waals surface area contributed by atoms with Crippen molar-refractivity contribution < 1.29 is 13.7 Å². The van der Waals surface area contributed by atoms with Crippen molar-refractivity contribution in [1.29, 1.82) is 0 Å². The molecule has 3 aromatic carbocycles. The van der Waals surface area contributed by atoms with Crippen LogP contribution in [0, 0.1) is 5.82 Å². The van der Waals surface area contributed by atoms with Crippen LogP contribution in [0.3, 0.4) is 0 Å². The average molecular weight is 362 g/mol. The first kappa shape index (κ1) is 17.2. The standard InChI is InChI=1S/C22H19FN2O2/c23-18-8-11-20-21(14-18)27-25-22(20)17-6-9-19(10-7-17)26-13-12-24-15-16-4-2-1-3-5-16/h1-11,14,24H,12-13,15H2. The molecule has 4 rings (SSSR count). The van der Waals surface area contributed by atoms with Gasteiger partial charge < -0.3 is 14.6 Å². The molecule has 0 saturated carbocycles. The van der Waals surface area contributed by atoms with E-state index in [-0.39, 0.29) is 5.82 Å². The highest BCUT2D eigenvalue weighted by Crippen LogP contribution is 2.29. The molecule has 0 amide bonds. The van der Waals surface area contributed by atoms with Crippen molar-refractivity contribution in [3.63, 3.8) is 0 Å². The average Bonchev–Trinajstić information content (AvgIpc) is 3.12. The Morgan fingerprint density at radius 3 is 2.59 bits per heavy atom. The highest BCUT2D eigenvalue weighted by molar-refractivity contribution is 5.91. The first-order valence-electron chi connectivity index (χ1n) is 8.82. The lowest BCUT2D eigenvalue weighted by Gasteiger charge is -2.08. The molecule has 1 N–H and O–H groups in total. The Labute approximate surface area is 156 Å². The molecule has 1 aromatic heterocycles. The summed E-state index contributed by atoms with van der Waals surface area (Å²) >= 11 is 0. The lowest BCUT2D eigenvalue weighted by molar-refractivity contribution is 0.313. The van der Waals surface area contributed by atoms with Crippen LogP contribution in [0.5, 0.6) is 5.75 Å². The van der Waals surface area contributed by atoms with E-state index in [0.717, 1.165) is 29.8 Å². The second-order valence-corrected chi connectivity index (χ2v) is 6.21. The fourth-order valence-electron chi connectivity index (χ4n) is 2.90. The van der Waals surface area contributed by atoms with E-state index < -0.39 is 0 Å². The van der Waals surface area contributed by atoms with E-state index in [1.807, 2.05) is 42.5 Å². The van der Waals surface area contributed by atoms with Gasteiger partial charge in [0.25, 0.3) is 0 Å². The van der Waals surface area contributed by atoms with E-state index >= 15 is 0 Å². The van der Waals surface area contributed by atoms with Gasteiger partial charge in [0.2, 0.25) is 0 Å². The van der Waals surface area contributed by atoms with Gasteiger partial charge in [0, 0.05) is 30.1 Å². The molecule has 0 radical (unpaired) electrons. The summed E-state index contributed by atoms with van der Waals surface area (Å²) in [5.41, 5.74) is 3.28. The molecule has 136 valence electrons. The molecule has 5 heteroatoms. The van der Waals surface area contributed by atoms with Crippen molar-refractivity contribution in [2.75, 3.05) is 13.2 Å². The van der Waals surface area contributed by atoms with Gasteiger partial charge in [-0.2, -0.15) is 0 Å². The first-order chi connectivity index (χ1) is 13.3. The summed E-state index contributed by atoms with van der Waals surface area (Å²) in [7, 11) is 0. The van der Waals surface area contributed by atoms with Crippen LogP contribution in [0.25, 0.3) is 22.2 Å². The summed E-state index contributed by atoms with van der Waals surface area (Å²) in [5.74, 6) is 0.453. The van der Waals surface area contributed by atoms with Crippen molar-refractivity contribution in [3.05, 3.63) is 84.2 Å². The van der Waals surface area contributed by atoms with Crippen LogP contribution in [0.15, 0.2) is 77.3 Å². The van der Waals surface area contributed by atoms with Gasteiger partial charge in [0.15, 0.2) is 5.58 Å². The molecule has 27 heavy (non-hydrogen) atoms. The van der Waals surface area contributed by atoms with Crippen LogP contribution >= 0.6 is 0 Å². The van der Waals surface area contributed by atoms with Crippen LogP contribution in [0.4, 0.5) is 4.39 Å². The summed E-state index contributed by atoms with van der Waals surface area (Å²) in [5, 5.41) is 8.20. The maximum absolute atomic E-state index is 13.3. The lowest BCUT2D eigenvalue weighted by atomic mass is 10.1. The minimum atomic E-state index is -0.338. The fraction of sp³-hybridized carbons (Fsp3) is 0.136. The number of nitrogens with one attached hydrogen (secondary N) is 1. The quantitative estimate of drug-likeness (QED) is 0.480. The Morgan fingerprint density at radius 2 is 1.78 bits per heavy atom. The zero-order valence-electron chi connectivity index (χ0n) is 14.7. The predicted octanol–water partition coefficient (Wildman–Crippen LogP) is 4.80. The molecule has 0 aliphatic rings. The van der Waals surface area contributed by atoms with E-state index in [1.165, 1.54) is 17.7 Å². The Kier molecular flexibility index (Phi) is 5.12. The topological polar surface area (TPSA) is 47.3 Å². The predicted molar refractivity (Wildman–Crippen MR) is 103 cm³/mol. The molecule has 0 aliphatic carbocycles. The van der Waals surface area contributed by atoms with Gasteiger partial charge in [-0.05, 0) is 42.0 Å². The largest absolute Gasteiger partial charge is 0.492 e. The molecule has 0 aliphatic heterocycles. The van der Waals surface area contributed by atoms with Crippen molar-refractivity contribution >= 4 is 11.0 Å². The number of hydrogen-bond acceptors (Lipinski definition) is 4. The molecular formula is C22H19FN2O2. The zero-order valence-corrected chi connectivity index (χ0v) is 14.7. The van der Waals surface area contributed by atoms with Gasteiger partial charge in [-0.25, -0.2) is 4.39 Å². The van der Waals surface area contributed by atoms with Gasteiger partial charge in [-0.15, -0.1) is 0 Å². The molecule has 0 unspecified atom stereocenters. The van der Waals surface area contributed by atoms with Crippen LogP contribution in [0.1, 0.15) is 5.56 Å². The van der Waals surface area contributed by atoms with E-state index in [2.05, 4.69) is 22.6 Å². The highest BCUT2D eigenvalue weighted by Gasteiger charge is 2.11. The second-order valence-electron chi connectivity index (χ2n) is 6.21. The number of benzene rings is 3. The Morgan fingerprint density at radius 1 is 0.963 bits per heavy atom. The molecule has 1 heterocycles. The van der Waals surface area contributed by atoms with Gasteiger partial charge in [0.05, 0.1) is 0 Å². The van der Waals surface area contributed by atoms with E-state index in [4.69, 9.17) is 9.26 Å². The summed E-state index contributed by atoms with van der Waals surface area (Å²) < 4.78 is 24.2. The Hall–Kier alpha value is -3.18. The third-order valence-electron chi connectivity index (χ3n) is 4.28. The molecule has 4 nitrogen and oxygen atoms in total.